The lowest BCUT2D eigenvalue weighted by Crippen LogP contribution is -2.05. The zero-order valence-electron chi connectivity index (χ0n) is 10.5. The molecule has 100 valence electrons. The van der Waals surface area contributed by atoms with Gasteiger partial charge in [-0.25, -0.2) is 4.98 Å². The number of rotatable bonds is 3. The minimum absolute atomic E-state index is 0.0754. The summed E-state index contributed by atoms with van der Waals surface area (Å²) in [7, 11) is 0. The van der Waals surface area contributed by atoms with E-state index in [2.05, 4.69) is 20.9 Å². The molecular weight excluding hydrogens is 320 g/mol. The van der Waals surface area contributed by atoms with Crippen LogP contribution in [0.25, 0.3) is 16.9 Å². The first-order chi connectivity index (χ1) is 9.66. The number of pyridine rings is 1. The highest BCUT2D eigenvalue weighted by molar-refractivity contribution is 9.10. The molecule has 0 bridgehead atoms. The van der Waals surface area contributed by atoms with Gasteiger partial charge in [-0.2, -0.15) is 0 Å². The standard InChI is InChI=1S/C15H11BrN2O2/c16-12-7-4-8-13-17-15(10-5-2-1-3-6-10)11(18(12)13)9-14(19)20/h1-8H,9H2,(H,19,20). The van der Waals surface area contributed by atoms with E-state index < -0.39 is 5.97 Å². The van der Waals surface area contributed by atoms with Crippen molar-refractivity contribution in [3.8, 4) is 11.3 Å². The van der Waals surface area contributed by atoms with Crippen molar-refractivity contribution in [2.45, 2.75) is 6.42 Å². The SMILES string of the molecule is O=C(O)Cc1c(-c2ccccc2)nc2cccc(Br)n12. The van der Waals surface area contributed by atoms with Gasteiger partial charge in [-0.05, 0) is 28.1 Å². The first kappa shape index (κ1) is 12.9. The Labute approximate surface area is 123 Å². The van der Waals surface area contributed by atoms with Gasteiger partial charge in [0.2, 0.25) is 0 Å². The van der Waals surface area contributed by atoms with E-state index in [1.165, 1.54) is 0 Å². The van der Waals surface area contributed by atoms with E-state index in [0.717, 1.165) is 15.8 Å². The number of carbonyl (C=O) groups is 1. The number of nitrogens with zero attached hydrogens (tertiary/aromatic N) is 2. The van der Waals surface area contributed by atoms with Crippen molar-refractivity contribution in [2.75, 3.05) is 0 Å². The summed E-state index contributed by atoms with van der Waals surface area (Å²) in [5.74, 6) is -0.875. The van der Waals surface area contributed by atoms with Gasteiger partial charge in [0.05, 0.1) is 22.4 Å². The van der Waals surface area contributed by atoms with Gasteiger partial charge in [-0.3, -0.25) is 9.20 Å². The van der Waals surface area contributed by atoms with Crippen LogP contribution in [0.4, 0.5) is 0 Å². The molecule has 0 aliphatic heterocycles. The number of aromatic nitrogens is 2. The maximum absolute atomic E-state index is 11.1. The summed E-state index contributed by atoms with van der Waals surface area (Å²) in [6, 6.07) is 15.2. The number of hydrogen-bond donors (Lipinski definition) is 1. The van der Waals surface area contributed by atoms with E-state index in [4.69, 9.17) is 5.11 Å². The van der Waals surface area contributed by atoms with E-state index in [9.17, 15) is 4.79 Å². The first-order valence-electron chi connectivity index (χ1n) is 6.10. The van der Waals surface area contributed by atoms with E-state index in [1.807, 2.05) is 52.9 Å². The molecule has 1 N–H and O–H groups in total. The number of carboxylic acids is 1. The average Bonchev–Trinajstić information content (AvgIpc) is 2.79. The molecule has 0 aliphatic carbocycles. The molecule has 0 spiro atoms. The highest BCUT2D eigenvalue weighted by Crippen LogP contribution is 2.27. The van der Waals surface area contributed by atoms with Gasteiger partial charge in [0, 0.05) is 5.56 Å². The van der Waals surface area contributed by atoms with Crippen LogP contribution in [0.15, 0.2) is 53.1 Å². The molecule has 20 heavy (non-hydrogen) atoms. The van der Waals surface area contributed by atoms with Crippen LogP contribution in [0, 0.1) is 0 Å². The number of benzene rings is 1. The van der Waals surface area contributed by atoms with Gasteiger partial charge in [0.25, 0.3) is 0 Å². The van der Waals surface area contributed by atoms with Crippen LogP contribution in [0.1, 0.15) is 5.69 Å². The van der Waals surface area contributed by atoms with E-state index in [0.29, 0.717) is 11.4 Å². The van der Waals surface area contributed by atoms with Gasteiger partial charge in [0.15, 0.2) is 0 Å². The van der Waals surface area contributed by atoms with Crippen molar-refractivity contribution in [1.82, 2.24) is 9.38 Å². The summed E-state index contributed by atoms with van der Waals surface area (Å²) in [6.45, 7) is 0. The highest BCUT2D eigenvalue weighted by atomic mass is 79.9. The van der Waals surface area contributed by atoms with Crippen LogP contribution in [0.3, 0.4) is 0 Å². The molecule has 3 rings (SSSR count). The van der Waals surface area contributed by atoms with Crippen molar-refractivity contribution >= 4 is 27.5 Å². The zero-order chi connectivity index (χ0) is 14.1. The third-order valence-corrected chi connectivity index (χ3v) is 3.68. The summed E-state index contributed by atoms with van der Waals surface area (Å²) in [6.07, 6.45) is -0.0754. The normalized spacial score (nSPS) is 10.8. The lowest BCUT2D eigenvalue weighted by molar-refractivity contribution is -0.136. The average molecular weight is 331 g/mol. The Morgan fingerprint density at radius 2 is 1.90 bits per heavy atom. The molecule has 0 fully saturated rings. The number of imidazole rings is 1. The highest BCUT2D eigenvalue weighted by Gasteiger charge is 2.17. The molecule has 0 unspecified atom stereocenters. The minimum atomic E-state index is -0.875. The molecule has 4 nitrogen and oxygen atoms in total. The van der Waals surface area contributed by atoms with E-state index >= 15 is 0 Å². The van der Waals surface area contributed by atoms with Crippen LogP contribution in [-0.2, 0) is 11.2 Å². The van der Waals surface area contributed by atoms with Gasteiger partial charge in [-0.15, -0.1) is 0 Å². The largest absolute Gasteiger partial charge is 0.481 e. The Hall–Kier alpha value is -2.14. The Morgan fingerprint density at radius 3 is 2.60 bits per heavy atom. The number of hydrogen-bond acceptors (Lipinski definition) is 2. The summed E-state index contributed by atoms with van der Waals surface area (Å²) in [5, 5.41) is 9.15. The van der Waals surface area contributed by atoms with Crippen LogP contribution in [0.2, 0.25) is 0 Å². The molecule has 0 amide bonds. The van der Waals surface area contributed by atoms with Crippen LogP contribution < -0.4 is 0 Å². The maximum Gasteiger partial charge on any atom is 0.309 e. The van der Waals surface area contributed by atoms with Gasteiger partial charge in [0.1, 0.15) is 5.65 Å². The summed E-state index contributed by atoms with van der Waals surface area (Å²) in [4.78, 5) is 15.7. The van der Waals surface area contributed by atoms with Crippen molar-refractivity contribution < 1.29 is 9.90 Å². The molecule has 0 radical (unpaired) electrons. The first-order valence-corrected chi connectivity index (χ1v) is 6.89. The molecular formula is C15H11BrN2O2. The second-order valence-corrected chi connectivity index (χ2v) is 5.20. The fraction of sp³-hybridized carbons (Fsp3) is 0.0667. The minimum Gasteiger partial charge on any atom is -0.481 e. The Balaban J connectivity index is 2.31. The second-order valence-electron chi connectivity index (χ2n) is 4.39. The van der Waals surface area contributed by atoms with Crippen LogP contribution in [-0.4, -0.2) is 20.5 Å². The summed E-state index contributed by atoms with van der Waals surface area (Å²) >= 11 is 3.45. The molecule has 1 aromatic carbocycles. The molecule has 2 heterocycles. The third kappa shape index (κ3) is 2.20. The monoisotopic (exact) mass is 330 g/mol. The Morgan fingerprint density at radius 1 is 1.15 bits per heavy atom. The predicted molar refractivity (Wildman–Crippen MR) is 79.7 cm³/mol. The summed E-state index contributed by atoms with van der Waals surface area (Å²) < 4.78 is 2.62. The van der Waals surface area contributed by atoms with Gasteiger partial charge in [-0.1, -0.05) is 36.4 Å². The summed E-state index contributed by atoms with van der Waals surface area (Å²) in [5.41, 5.74) is 3.03. The van der Waals surface area contributed by atoms with E-state index in [-0.39, 0.29) is 6.42 Å². The van der Waals surface area contributed by atoms with Crippen molar-refractivity contribution in [1.29, 1.82) is 0 Å². The fourth-order valence-corrected chi connectivity index (χ4v) is 2.79. The van der Waals surface area contributed by atoms with Crippen LogP contribution in [0.5, 0.6) is 0 Å². The number of fused-ring (bicyclic) bond motifs is 1. The second kappa shape index (κ2) is 5.09. The Kier molecular flexibility index (Phi) is 3.28. The smallest absolute Gasteiger partial charge is 0.309 e. The predicted octanol–water partition coefficient (Wildman–Crippen LogP) is 3.39. The lowest BCUT2D eigenvalue weighted by Gasteiger charge is -2.04. The number of carboxylic acid groups (broad SMARTS) is 1. The molecule has 0 aliphatic rings. The lowest BCUT2D eigenvalue weighted by atomic mass is 10.1. The molecule has 2 aromatic heterocycles. The molecule has 0 saturated carbocycles. The Bertz CT molecular complexity index is 781. The van der Waals surface area contributed by atoms with Crippen molar-refractivity contribution in [2.24, 2.45) is 0 Å². The quantitative estimate of drug-likeness (QED) is 0.749. The molecule has 3 aromatic rings. The number of halogens is 1. The van der Waals surface area contributed by atoms with Crippen molar-refractivity contribution in [3.63, 3.8) is 0 Å². The van der Waals surface area contributed by atoms with Gasteiger partial charge < -0.3 is 5.11 Å². The van der Waals surface area contributed by atoms with Gasteiger partial charge >= 0.3 is 5.97 Å². The zero-order valence-corrected chi connectivity index (χ0v) is 12.0. The van der Waals surface area contributed by atoms with Crippen molar-refractivity contribution in [3.05, 3.63) is 58.8 Å². The number of aliphatic carboxylic acids is 1. The molecule has 5 heteroatoms. The topological polar surface area (TPSA) is 54.6 Å². The molecule has 0 atom stereocenters. The maximum atomic E-state index is 11.1. The molecule has 0 saturated heterocycles. The third-order valence-electron chi connectivity index (χ3n) is 3.06. The van der Waals surface area contributed by atoms with Crippen LogP contribution >= 0.6 is 15.9 Å². The fourth-order valence-electron chi connectivity index (χ4n) is 2.24. The van der Waals surface area contributed by atoms with E-state index in [1.54, 1.807) is 0 Å².